The van der Waals surface area contributed by atoms with Gasteiger partial charge in [-0.25, -0.2) is 23.1 Å². The maximum atomic E-state index is 11.3. The standard InChI is InChI=1S/C16H21N5O3S/c1-25(23,24)20-8-11-3-2-6-21(9-11)16-13-5-4-12(15(17)22)7-14(13)18-10-19-16/h4-5,7,10-11,20H,2-3,6,8-9H2,1H3,(H2,17,22). The van der Waals surface area contributed by atoms with Crippen LogP contribution in [-0.2, 0) is 10.0 Å². The molecule has 1 unspecified atom stereocenters. The maximum Gasteiger partial charge on any atom is 0.248 e. The molecular weight excluding hydrogens is 342 g/mol. The second-order valence-corrected chi connectivity index (χ2v) is 8.20. The van der Waals surface area contributed by atoms with Crippen molar-refractivity contribution in [3.63, 3.8) is 0 Å². The average Bonchev–Trinajstić information content (AvgIpc) is 2.58. The molecule has 134 valence electrons. The Labute approximate surface area is 146 Å². The molecule has 1 aliphatic heterocycles. The topological polar surface area (TPSA) is 118 Å². The van der Waals surface area contributed by atoms with Gasteiger partial charge in [-0.1, -0.05) is 0 Å². The van der Waals surface area contributed by atoms with Crippen molar-refractivity contribution in [2.45, 2.75) is 12.8 Å². The van der Waals surface area contributed by atoms with Crippen LogP contribution in [0.15, 0.2) is 24.5 Å². The number of carbonyl (C=O) groups is 1. The second-order valence-electron chi connectivity index (χ2n) is 6.37. The first-order valence-corrected chi connectivity index (χ1v) is 9.97. The summed E-state index contributed by atoms with van der Waals surface area (Å²) in [6.07, 6.45) is 4.57. The summed E-state index contributed by atoms with van der Waals surface area (Å²) in [5.41, 5.74) is 6.40. The summed E-state index contributed by atoms with van der Waals surface area (Å²) in [5, 5.41) is 0.851. The number of fused-ring (bicyclic) bond motifs is 1. The number of aromatic nitrogens is 2. The molecule has 1 saturated heterocycles. The number of nitrogens with one attached hydrogen (secondary N) is 1. The number of rotatable bonds is 5. The van der Waals surface area contributed by atoms with E-state index in [1.54, 1.807) is 12.1 Å². The van der Waals surface area contributed by atoms with Crippen LogP contribution in [0.4, 0.5) is 5.82 Å². The lowest BCUT2D eigenvalue weighted by molar-refractivity contribution is 0.100. The minimum Gasteiger partial charge on any atom is -0.366 e. The first kappa shape index (κ1) is 17.6. The summed E-state index contributed by atoms with van der Waals surface area (Å²) in [5.74, 6) is 0.524. The predicted molar refractivity (Wildman–Crippen MR) is 95.8 cm³/mol. The van der Waals surface area contributed by atoms with Crippen molar-refractivity contribution in [2.24, 2.45) is 11.7 Å². The lowest BCUT2D eigenvalue weighted by atomic mass is 9.98. The van der Waals surface area contributed by atoms with Crippen molar-refractivity contribution in [3.05, 3.63) is 30.1 Å². The number of piperidine rings is 1. The van der Waals surface area contributed by atoms with Crippen molar-refractivity contribution in [1.29, 1.82) is 0 Å². The number of carbonyl (C=O) groups excluding carboxylic acids is 1. The molecule has 3 N–H and O–H groups in total. The van der Waals surface area contributed by atoms with Crippen LogP contribution in [0, 0.1) is 5.92 Å². The third-order valence-electron chi connectivity index (χ3n) is 4.35. The number of hydrogen-bond acceptors (Lipinski definition) is 6. The molecule has 0 aliphatic carbocycles. The van der Waals surface area contributed by atoms with Crippen molar-refractivity contribution in [3.8, 4) is 0 Å². The summed E-state index contributed by atoms with van der Waals surface area (Å²) < 4.78 is 25.2. The van der Waals surface area contributed by atoms with Crippen LogP contribution in [0.5, 0.6) is 0 Å². The normalized spacial score (nSPS) is 18.4. The van der Waals surface area contributed by atoms with Crippen LogP contribution in [0.2, 0.25) is 0 Å². The van der Waals surface area contributed by atoms with Gasteiger partial charge in [-0.15, -0.1) is 0 Å². The Balaban J connectivity index is 1.84. The first-order valence-electron chi connectivity index (χ1n) is 8.07. The number of hydrogen-bond donors (Lipinski definition) is 2. The highest BCUT2D eigenvalue weighted by molar-refractivity contribution is 7.88. The van der Waals surface area contributed by atoms with Gasteiger partial charge in [0.2, 0.25) is 15.9 Å². The van der Waals surface area contributed by atoms with Crippen LogP contribution in [0.25, 0.3) is 10.9 Å². The van der Waals surface area contributed by atoms with Gasteiger partial charge in [0.25, 0.3) is 0 Å². The fourth-order valence-corrected chi connectivity index (χ4v) is 3.68. The number of amides is 1. The summed E-state index contributed by atoms with van der Waals surface area (Å²) in [6, 6.07) is 5.14. The van der Waals surface area contributed by atoms with Gasteiger partial charge in [-0.2, -0.15) is 0 Å². The van der Waals surface area contributed by atoms with E-state index in [0.29, 0.717) is 24.2 Å². The van der Waals surface area contributed by atoms with Crippen LogP contribution < -0.4 is 15.4 Å². The fourth-order valence-electron chi connectivity index (χ4n) is 3.14. The smallest absolute Gasteiger partial charge is 0.248 e. The Bertz CT molecular complexity index is 900. The lowest BCUT2D eigenvalue weighted by Gasteiger charge is -2.34. The quantitative estimate of drug-likeness (QED) is 0.798. The minimum atomic E-state index is -3.19. The molecule has 8 nitrogen and oxygen atoms in total. The molecule has 9 heteroatoms. The van der Waals surface area contributed by atoms with E-state index in [1.807, 2.05) is 6.07 Å². The van der Waals surface area contributed by atoms with Gasteiger partial charge in [0.1, 0.15) is 12.1 Å². The molecule has 1 fully saturated rings. The molecule has 3 rings (SSSR count). The zero-order valence-corrected chi connectivity index (χ0v) is 14.8. The van der Waals surface area contributed by atoms with Crippen molar-refractivity contribution in [2.75, 3.05) is 30.8 Å². The average molecular weight is 363 g/mol. The molecule has 1 aliphatic rings. The van der Waals surface area contributed by atoms with E-state index in [0.717, 1.165) is 30.6 Å². The minimum absolute atomic E-state index is 0.221. The second kappa shape index (κ2) is 6.93. The van der Waals surface area contributed by atoms with Gasteiger partial charge in [0.05, 0.1) is 11.8 Å². The summed E-state index contributed by atoms with van der Waals surface area (Å²) in [6.45, 7) is 1.98. The SMILES string of the molecule is CS(=O)(=O)NCC1CCCN(c2ncnc3cc(C(N)=O)ccc23)C1. The van der Waals surface area contributed by atoms with Gasteiger partial charge < -0.3 is 10.6 Å². The Hall–Kier alpha value is -2.26. The molecule has 0 bridgehead atoms. The predicted octanol–water partition coefficient (Wildman–Crippen LogP) is 0.494. The number of primary amides is 1. The first-order chi connectivity index (χ1) is 11.8. The molecule has 1 atom stereocenters. The molecule has 2 heterocycles. The Morgan fingerprint density at radius 2 is 2.20 bits per heavy atom. The lowest BCUT2D eigenvalue weighted by Crippen LogP contribution is -2.41. The van der Waals surface area contributed by atoms with Crippen LogP contribution >= 0.6 is 0 Å². The van der Waals surface area contributed by atoms with E-state index in [4.69, 9.17) is 5.73 Å². The molecule has 1 amide bonds. The monoisotopic (exact) mass is 363 g/mol. The molecule has 25 heavy (non-hydrogen) atoms. The number of sulfonamides is 1. The third-order valence-corrected chi connectivity index (χ3v) is 5.04. The molecule has 1 aromatic carbocycles. The molecule has 1 aromatic heterocycles. The summed E-state index contributed by atoms with van der Waals surface area (Å²) in [4.78, 5) is 22.1. The van der Waals surface area contributed by atoms with Crippen molar-refractivity contribution in [1.82, 2.24) is 14.7 Å². The molecule has 2 aromatic rings. The van der Waals surface area contributed by atoms with Gasteiger partial charge in [-0.3, -0.25) is 4.79 Å². The molecular formula is C16H21N5O3S. The molecule has 0 spiro atoms. The zero-order valence-electron chi connectivity index (χ0n) is 14.0. The highest BCUT2D eigenvalue weighted by Crippen LogP contribution is 2.27. The Morgan fingerprint density at radius 1 is 1.40 bits per heavy atom. The van der Waals surface area contributed by atoms with Gasteiger partial charge >= 0.3 is 0 Å². The summed E-state index contributed by atoms with van der Waals surface area (Å²) >= 11 is 0. The van der Waals surface area contributed by atoms with Gasteiger partial charge in [0, 0.05) is 30.6 Å². The summed E-state index contributed by atoms with van der Waals surface area (Å²) in [7, 11) is -3.19. The third kappa shape index (κ3) is 4.23. The highest BCUT2D eigenvalue weighted by Gasteiger charge is 2.23. The Kier molecular flexibility index (Phi) is 4.87. The number of anilines is 1. The van der Waals surface area contributed by atoms with E-state index in [9.17, 15) is 13.2 Å². The zero-order chi connectivity index (χ0) is 18.0. The number of nitrogens with two attached hydrogens (primary N) is 1. The van der Waals surface area contributed by atoms with E-state index < -0.39 is 15.9 Å². The maximum absolute atomic E-state index is 11.3. The van der Waals surface area contributed by atoms with Gasteiger partial charge in [-0.05, 0) is 37.0 Å². The van der Waals surface area contributed by atoms with E-state index in [1.165, 1.54) is 12.6 Å². The molecule has 0 saturated carbocycles. The van der Waals surface area contributed by atoms with E-state index in [-0.39, 0.29) is 5.92 Å². The highest BCUT2D eigenvalue weighted by atomic mass is 32.2. The van der Waals surface area contributed by atoms with E-state index in [2.05, 4.69) is 19.6 Å². The Morgan fingerprint density at radius 3 is 2.92 bits per heavy atom. The van der Waals surface area contributed by atoms with Crippen LogP contribution in [0.3, 0.4) is 0 Å². The van der Waals surface area contributed by atoms with Crippen molar-refractivity contribution < 1.29 is 13.2 Å². The van der Waals surface area contributed by atoms with Crippen LogP contribution in [-0.4, -0.2) is 50.2 Å². The molecule has 0 radical (unpaired) electrons. The number of nitrogens with zero attached hydrogens (tertiary/aromatic N) is 3. The number of benzene rings is 1. The largest absolute Gasteiger partial charge is 0.366 e. The van der Waals surface area contributed by atoms with Crippen LogP contribution in [0.1, 0.15) is 23.2 Å². The van der Waals surface area contributed by atoms with E-state index >= 15 is 0 Å². The van der Waals surface area contributed by atoms with Gasteiger partial charge in [0.15, 0.2) is 0 Å². The van der Waals surface area contributed by atoms with Crippen molar-refractivity contribution >= 4 is 32.7 Å². The fraction of sp³-hybridized carbons (Fsp3) is 0.438.